The fraction of sp³-hybridized carbons (Fsp3) is 0. The first-order valence-corrected chi connectivity index (χ1v) is 34.7. The zero-order valence-electron chi connectivity index (χ0n) is 54.1. The SMILES string of the molecule is Brc1ccc2c(c1)-c1ccccc1-c1ccccc1-c1ccccc1-2.c1ccc2c(c1)-c1ccccc1-c1ccc(-n3c4ccccc4c4ccccc4c4ccccc4c4ccccc43)cc1-c1ccccc1-2.c1ccc2c(c1)[nH]c1ccccc1c1ccccc1c1ccccc21. The molecule has 2 aliphatic carbocycles. The summed E-state index contributed by atoms with van der Waals surface area (Å²) in [6, 6.07) is 136. The molecule has 0 bridgehead atoms. The van der Waals surface area contributed by atoms with Crippen molar-refractivity contribution in [3.63, 3.8) is 0 Å². The number of fused-ring (bicyclic) bond motifs is 30. The molecule has 0 amide bonds. The monoisotopic (exact) mass is 1320 g/mol. The Morgan fingerprint density at radius 3 is 0.707 bits per heavy atom. The largest absolute Gasteiger partial charge is 0.355 e. The molecule has 0 unspecified atom stereocenters. The topological polar surface area (TPSA) is 20.7 Å². The number of nitrogens with one attached hydrogen (secondary N) is 1. The predicted octanol–water partition coefficient (Wildman–Crippen LogP) is 27.4. The van der Waals surface area contributed by atoms with Crippen molar-refractivity contribution in [2.24, 2.45) is 0 Å². The summed E-state index contributed by atoms with van der Waals surface area (Å²) in [7, 11) is 0. The Hall–Kier alpha value is -12.4. The van der Waals surface area contributed by atoms with E-state index in [9.17, 15) is 0 Å². The molecule has 2 aromatic heterocycles. The van der Waals surface area contributed by atoms with E-state index in [2.05, 4.69) is 402 Å². The van der Waals surface area contributed by atoms with E-state index in [1.165, 1.54) is 154 Å². The molecule has 2 aliphatic rings. The maximum atomic E-state index is 3.66. The lowest BCUT2D eigenvalue weighted by Crippen LogP contribution is -2.01. The Morgan fingerprint density at radius 2 is 0.384 bits per heavy atom. The van der Waals surface area contributed by atoms with Crippen LogP contribution in [-0.2, 0) is 0 Å². The molecular formula is C96H63BrN2. The molecule has 0 radical (unpaired) electrons. The number of aromatic nitrogens is 2. The number of nitrogens with zero attached hydrogens (tertiary/aromatic N) is 1. The van der Waals surface area contributed by atoms with Crippen LogP contribution in [0.2, 0.25) is 0 Å². The van der Waals surface area contributed by atoms with Crippen LogP contribution < -0.4 is 0 Å². The van der Waals surface area contributed by atoms with Crippen LogP contribution in [0.25, 0.3) is 181 Å². The number of hydrogen-bond acceptors (Lipinski definition) is 0. The Morgan fingerprint density at radius 1 is 0.172 bits per heavy atom. The minimum atomic E-state index is 1.10. The molecule has 0 fully saturated rings. The van der Waals surface area contributed by atoms with Crippen molar-refractivity contribution in [2.75, 3.05) is 0 Å². The average molecular weight is 1320 g/mol. The lowest BCUT2D eigenvalue weighted by molar-refractivity contribution is 1.17. The van der Waals surface area contributed by atoms with Gasteiger partial charge in [-0.2, -0.15) is 0 Å². The number of benzene rings is 16. The number of para-hydroxylation sites is 4. The van der Waals surface area contributed by atoms with Gasteiger partial charge in [0.1, 0.15) is 0 Å². The van der Waals surface area contributed by atoms with Crippen molar-refractivity contribution in [1.82, 2.24) is 9.55 Å². The van der Waals surface area contributed by atoms with Gasteiger partial charge >= 0.3 is 0 Å². The van der Waals surface area contributed by atoms with Gasteiger partial charge in [0.15, 0.2) is 0 Å². The Balaban J connectivity index is 0.000000119. The molecule has 2 heterocycles. The normalized spacial score (nSPS) is 11.5. The number of halogens is 1. The zero-order valence-corrected chi connectivity index (χ0v) is 55.7. The molecule has 464 valence electrons. The van der Waals surface area contributed by atoms with Crippen molar-refractivity contribution < 1.29 is 0 Å². The first kappa shape index (κ1) is 59.1. The van der Waals surface area contributed by atoms with Crippen LogP contribution in [0, 0.1) is 0 Å². The fourth-order valence-electron chi connectivity index (χ4n) is 15.6. The third kappa shape index (κ3) is 10.4. The molecule has 0 spiro atoms. The van der Waals surface area contributed by atoms with Crippen molar-refractivity contribution in [2.45, 2.75) is 0 Å². The van der Waals surface area contributed by atoms with Crippen molar-refractivity contribution in [3.05, 3.63) is 381 Å². The first-order valence-electron chi connectivity index (χ1n) is 33.9. The van der Waals surface area contributed by atoms with Gasteiger partial charge in [-0.15, -0.1) is 0 Å². The van der Waals surface area contributed by atoms with Crippen molar-refractivity contribution in [1.29, 1.82) is 0 Å². The third-order valence-corrected chi connectivity index (χ3v) is 20.5. The molecule has 99 heavy (non-hydrogen) atoms. The summed E-state index contributed by atoms with van der Waals surface area (Å²) in [5.74, 6) is 0. The first-order chi connectivity index (χ1) is 49.1. The maximum Gasteiger partial charge on any atom is 0.0540 e. The van der Waals surface area contributed by atoms with Crippen LogP contribution in [0.5, 0.6) is 0 Å². The Bertz CT molecular complexity index is 6190. The Kier molecular flexibility index (Phi) is 15.1. The van der Waals surface area contributed by atoms with Gasteiger partial charge in [0.05, 0.1) is 11.0 Å². The summed E-state index contributed by atoms with van der Waals surface area (Å²) in [4.78, 5) is 3.66. The predicted molar refractivity (Wildman–Crippen MR) is 427 cm³/mol. The molecule has 0 saturated heterocycles. The Labute approximate surface area is 583 Å². The molecular weight excluding hydrogens is 1260 g/mol. The summed E-state index contributed by atoms with van der Waals surface area (Å²) >= 11 is 3.66. The second-order valence-corrected chi connectivity index (χ2v) is 26.4. The van der Waals surface area contributed by atoms with Gasteiger partial charge in [-0.1, -0.05) is 344 Å². The van der Waals surface area contributed by atoms with Crippen LogP contribution in [0.3, 0.4) is 0 Å². The highest BCUT2D eigenvalue weighted by atomic mass is 79.9. The van der Waals surface area contributed by atoms with E-state index < -0.39 is 0 Å². The van der Waals surface area contributed by atoms with E-state index >= 15 is 0 Å². The van der Waals surface area contributed by atoms with Crippen LogP contribution in [0.1, 0.15) is 0 Å². The minimum Gasteiger partial charge on any atom is -0.355 e. The van der Waals surface area contributed by atoms with E-state index in [-0.39, 0.29) is 0 Å². The summed E-state index contributed by atoms with van der Waals surface area (Å²) < 4.78 is 3.58. The van der Waals surface area contributed by atoms with Gasteiger partial charge < -0.3 is 9.55 Å². The van der Waals surface area contributed by atoms with Gasteiger partial charge in [0.25, 0.3) is 0 Å². The lowest BCUT2D eigenvalue weighted by Gasteiger charge is -2.24. The van der Waals surface area contributed by atoms with Crippen LogP contribution >= 0.6 is 15.9 Å². The highest BCUT2D eigenvalue weighted by molar-refractivity contribution is 9.10. The highest BCUT2D eigenvalue weighted by Gasteiger charge is 2.24. The van der Waals surface area contributed by atoms with E-state index in [0.29, 0.717) is 0 Å². The maximum absolute atomic E-state index is 3.66. The smallest absolute Gasteiger partial charge is 0.0540 e. The molecule has 20 rings (SSSR count). The van der Waals surface area contributed by atoms with Gasteiger partial charge in [0.2, 0.25) is 0 Å². The van der Waals surface area contributed by atoms with E-state index in [0.717, 1.165) is 32.2 Å². The van der Waals surface area contributed by atoms with E-state index in [1.54, 1.807) is 0 Å². The molecule has 0 aliphatic heterocycles. The standard InChI is InChI=1S/C48H31N.C24H15Br.C24H17N/c1-2-16-34-33(15-1)35-17-3-4-21-39(35)43-30-29-32(31-46(43)42-24-10-7-20-38(34)42)49-47-27-13-11-25-44(47)40-22-8-5-18-36(40)37-19-6-9-23-41(37)45-26-12-14-28-48(45)49;25-16-13-14-23-21-11-4-3-9-19(21)17-7-1-2-8-18(17)20-10-5-6-12-22(20)24(23)15-16;1-3-11-19-17(9-1)18-10-2-4-12-20(18)22-14-6-8-16-24(22)25-23-15-7-5-13-21(19)23/h1-31H;1-15H;1-16,25H. The second-order valence-electron chi connectivity index (χ2n) is 25.5. The van der Waals surface area contributed by atoms with Gasteiger partial charge in [-0.25, -0.2) is 0 Å². The molecule has 16 aromatic carbocycles. The van der Waals surface area contributed by atoms with Gasteiger partial charge in [0, 0.05) is 42.7 Å². The summed E-state index contributed by atoms with van der Waals surface area (Å²) in [6.07, 6.45) is 0. The molecule has 0 saturated carbocycles. The summed E-state index contributed by atoms with van der Waals surface area (Å²) in [5.41, 5.74) is 25.9. The lowest BCUT2D eigenvalue weighted by atomic mass is 9.81. The van der Waals surface area contributed by atoms with Crippen LogP contribution in [0.4, 0.5) is 0 Å². The fourth-order valence-corrected chi connectivity index (χ4v) is 16.0. The van der Waals surface area contributed by atoms with Crippen molar-refractivity contribution >= 4 is 103 Å². The minimum absolute atomic E-state index is 1.10. The quantitative estimate of drug-likeness (QED) is 0.169. The molecule has 0 atom stereocenters. The van der Waals surface area contributed by atoms with Gasteiger partial charge in [-0.05, 0) is 181 Å². The van der Waals surface area contributed by atoms with E-state index in [4.69, 9.17) is 0 Å². The van der Waals surface area contributed by atoms with Crippen LogP contribution in [-0.4, -0.2) is 9.55 Å². The zero-order chi connectivity index (χ0) is 65.8. The van der Waals surface area contributed by atoms with Gasteiger partial charge in [-0.3, -0.25) is 0 Å². The highest BCUT2D eigenvalue weighted by Crippen LogP contribution is 2.51. The molecule has 18 aromatic rings. The number of rotatable bonds is 1. The van der Waals surface area contributed by atoms with E-state index in [1.807, 2.05) is 0 Å². The van der Waals surface area contributed by atoms with Crippen LogP contribution in [0.15, 0.2) is 381 Å². The second kappa shape index (κ2) is 25.3. The summed E-state index contributed by atoms with van der Waals surface area (Å²) in [5, 5.41) is 14.8. The number of aromatic amines is 1. The number of H-pyrrole nitrogens is 1. The molecule has 2 nitrogen and oxygen atoms in total. The molecule has 1 N–H and O–H groups in total. The third-order valence-electron chi connectivity index (χ3n) is 20.0. The number of hydrogen-bond donors (Lipinski definition) is 1. The average Bonchev–Trinajstić information content (AvgIpc) is 1.74. The molecule has 3 heteroatoms. The summed E-state index contributed by atoms with van der Waals surface area (Å²) in [6.45, 7) is 0. The van der Waals surface area contributed by atoms with Crippen molar-refractivity contribution in [3.8, 4) is 94.7 Å².